The first-order valence-corrected chi connectivity index (χ1v) is 9.74. The molecule has 0 saturated heterocycles. The highest BCUT2D eigenvalue weighted by Crippen LogP contribution is 2.22. The Balaban J connectivity index is 0.00000450. The normalized spacial score (nSPS) is 10.7. The summed E-state index contributed by atoms with van der Waals surface area (Å²) >= 11 is 6.29. The minimum absolute atomic E-state index is 0. The Morgan fingerprint density at radius 3 is 2.63 bits per heavy atom. The van der Waals surface area contributed by atoms with Crippen LogP contribution in [0.5, 0.6) is 11.5 Å². The van der Waals surface area contributed by atoms with Gasteiger partial charge in [-0.05, 0) is 48.7 Å². The molecule has 4 N–H and O–H groups in total. The lowest BCUT2D eigenvalue weighted by Gasteiger charge is -2.12. The number of ether oxygens (including phenoxy) is 2. The molecule has 1 amide bonds. The average Bonchev–Trinajstić information content (AvgIpc) is 2.71. The zero-order valence-corrected chi connectivity index (χ0v) is 20.2. The Morgan fingerprint density at radius 1 is 1.17 bits per heavy atom. The fourth-order valence-electron chi connectivity index (χ4n) is 2.57. The summed E-state index contributed by atoms with van der Waals surface area (Å²) in [6.07, 6.45) is 0.754. The molecule has 7 nitrogen and oxygen atoms in total. The van der Waals surface area contributed by atoms with Crippen LogP contribution in [0.15, 0.2) is 47.5 Å². The summed E-state index contributed by atoms with van der Waals surface area (Å²) in [6, 6.07) is 13.1. The van der Waals surface area contributed by atoms with Crippen LogP contribution < -0.4 is 25.8 Å². The smallest absolute Gasteiger partial charge is 0.255 e. The second-order valence-electron chi connectivity index (χ2n) is 6.23. The Bertz CT molecular complexity index is 849. The van der Waals surface area contributed by atoms with Crippen molar-refractivity contribution in [3.05, 3.63) is 58.6 Å². The van der Waals surface area contributed by atoms with Crippen LogP contribution in [0.25, 0.3) is 0 Å². The van der Waals surface area contributed by atoms with Crippen molar-refractivity contribution in [2.24, 2.45) is 10.7 Å². The average molecular weight is 547 g/mol. The number of hydrogen-bond acceptors (Lipinski definition) is 4. The Labute approximate surface area is 199 Å². The third kappa shape index (κ3) is 9.08. The van der Waals surface area contributed by atoms with Crippen molar-refractivity contribution in [2.75, 3.05) is 26.8 Å². The minimum atomic E-state index is -0.510. The molecule has 164 valence electrons. The van der Waals surface area contributed by atoms with Crippen LogP contribution in [0.3, 0.4) is 0 Å². The number of nitrogens with two attached hydrogens (primary N) is 1. The van der Waals surface area contributed by atoms with Crippen molar-refractivity contribution in [3.63, 3.8) is 0 Å². The molecule has 2 aromatic rings. The summed E-state index contributed by atoms with van der Waals surface area (Å²) in [5.41, 5.74) is 7.10. The maximum absolute atomic E-state index is 10.8. The molecule has 30 heavy (non-hydrogen) atoms. The zero-order chi connectivity index (χ0) is 21.1. The molecule has 0 saturated carbocycles. The maximum atomic E-state index is 10.8. The lowest BCUT2D eigenvalue weighted by molar-refractivity contribution is -0.119. The van der Waals surface area contributed by atoms with Crippen LogP contribution in [-0.4, -0.2) is 38.7 Å². The van der Waals surface area contributed by atoms with E-state index in [0.717, 1.165) is 29.8 Å². The van der Waals surface area contributed by atoms with E-state index in [9.17, 15) is 4.79 Å². The van der Waals surface area contributed by atoms with Crippen molar-refractivity contribution in [1.82, 2.24) is 10.6 Å². The predicted octanol–water partition coefficient (Wildman–Crippen LogP) is 3.13. The maximum Gasteiger partial charge on any atom is 0.255 e. The molecular formula is C21H28ClIN4O3. The van der Waals surface area contributed by atoms with Crippen LogP contribution in [-0.2, 0) is 17.8 Å². The number of hydrogen-bond donors (Lipinski definition) is 3. The number of aliphatic imine (C=N–C) groups is 1. The van der Waals surface area contributed by atoms with E-state index < -0.39 is 5.91 Å². The molecule has 2 rings (SSSR count). The van der Waals surface area contributed by atoms with Crippen molar-refractivity contribution >= 4 is 47.4 Å². The number of primary amides is 1. The van der Waals surface area contributed by atoms with Crippen LogP contribution >= 0.6 is 35.6 Å². The number of carbonyl (C=O) groups is 1. The van der Waals surface area contributed by atoms with Gasteiger partial charge in [0, 0.05) is 18.1 Å². The first kappa shape index (κ1) is 25.8. The molecule has 0 bridgehead atoms. The van der Waals surface area contributed by atoms with Gasteiger partial charge in [-0.2, -0.15) is 0 Å². The second-order valence-corrected chi connectivity index (χ2v) is 6.64. The molecule has 0 aliphatic carbocycles. The standard InChI is InChI=1S/C21H27ClN4O3.HI/c1-3-24-21(25-10-9-16-7-8-17(28-2)12-19(16)22)26-13-15-5-4-6-18(11-15)29-14-20(23)27;/h4-8,11-12H,3,9-10,13-14H2,1-2H3,(H2,23,27)(H2,24,25,26);1H. The summed E-state index contributed by atoms with van der Waals surface area (Å²) in [6.45, 7) is 3.75. The number of guanidine groups is 1. The van der Waals surface area contributed by atoms with Crippen LogP contribution in [0.2, 0.25) is 5.02 Å². The second kappa shape index (κ2) is 13.9. The number of nitrogens with zero attached hydrogens (tertiary/aromatic N) is 1. The van der Waals surface area contributed by atoms with Gasteiger partial charge in [0.15, 0.2) is 12.6 Å². The van der Waals surface area contributed by atoms with Gasteiger partial charge in [0.05, 0.1) is 13.7 Å². The third-order valence-electron chi connectivity index (χ3n) is 3.99. The lowest BCUT2D eigenvalue weighted by atomic mass is 10.1. The number of halogens is 2. The summed E-state index contributed by atoms with van der Waals surface area (Å²) in [7, 11) is 1.62. The molecular weight excluding hydrogens is 519 g/mol. The van der Waals surface area contributed by atoms with Gasteiger partial charge < -0.3 is 25.8 Å². The molecule has 0 heterocycles. The summed E-state index contributed by atoms with van der Waals surface area (Å²) in [5.74, 6) is 1.52. The van der Waals surface area contributed by atoms with Gasteiger partial charge in [-0.15, -0.1) is 24.0 Å². The van der Waals surface area contributed by atoms with Crippen LogP contribution in [0.4, 0.5) is 0 Å². The van der Waals surface area contributed by atoms with Gasteiger partial charge in [0.1, 0.15) is 11.5 Å². The first-order valence-electron chi connectivity index (χ1n) is 9.36. The highest BCUT2D eigenvalue weighted by molar-refractivity contribution is 14.0. The van der Waals surface area contributed by atoms with E-state index in [1.165, 1.54) is 0 Å². The van der Waals surface area contributed by atoms with E-state index in [0.29, 0.717) is 29.8 Å². The molecule has 2 aromatic carbocycles. The van der Waals surface area contributed by atoms with Crippen LogP contribution in [0, 0.1) is 0 Å². The van der Waals surface area contributed by atoms with Crippen molar-refractivity contribution < 1.29 is 14.3 Å². The SMILES string of the molecule is CCNC(=NCc1cccc(OCC(N)=O)c1)NCCc1ccc(OC)cc1Cl.I. The molecule has 0 spiro atoms. The summed E-state index contributed by atoms with van der Waals surface area (Å²) in [5, 5.41) is 7.21. The molecule has 0 unspecified atom stereocenters. The highest BCUT2D eigenvalue weighted by Gasteiger charge is 2.04. The monoisotopic (exact) mass is 546 g/mol. The zero-order valence-electron chi connectivity index (χ0n) is 17.1. The van der Waals surface area contributed by atoms with E-state index in [4.69, 9.17) is 26.8 Å². The predicted molar refractivity (Wildman–Crippen MR) is 131 cm³/mol. The molecule has 0 aliphatic heterocycles. The highest BCUT2D eigenvalue weighted by atomic mass is 127. The molecule has 0 aromatic heterocycles. The van der Waals surface area contributed by atoms with Crippen molar-refractivity contribution in [3.8, 4) is 11.5 Å². The van der Waals surface area contributed by atoms with E-state index in [1.807, 2.05) is 43.3 Å². The Kier molecular flexibility index (Phi) is 12.0. The van der Waals surface area contributed by atoms with Gasteiger partial charge in [0.25, 0.3) is 5.91 Å². The number of benzene rings is 2. The van der Waals surface area contributed by atoms with E-state index in [2.05, 4.69) is 15.6 Å². The number of amides is 1. The Hall–Kier alpha value is -2.20. The van der Waals surface area contributed by atoms with Crippen molar-refractivity contribution in [1.29, 1.82) is 0 Å². The molecule has 0 fully saturated rings. The van der Waals surface area contributed by atoms with Crippen molar-refractivity contribution in [2.45, 2.75) is 19.9 Å². The number of carbonyl (C=O) groups excluding carboxylic acids is 1. The third-order valence-corrected chi connectivity index (χ3v) is 4.34. The molecule has 9 heteroatoms. The first-order chi connectivity index (χ1) is 14.0. The topological polar surface area (TPSA) is 98.0 Å². The molecule has 0 aliphatic rings. The summed E-state index contributed by atoms with van der Waals surface area (Å²) < 4.78 is 10.5. The van der Waals surface area contributed by atoms with E-state index in [-0.39, 0.29) is 30.6 Å². The Morgan fingerprint density at radius 2 is 1.97 bits per heavy atom. The fourth-order valence-corrected chi connectivity index (χ4v) is 2.84. The number of methoxy groups -OCH3 is 1. The van der Waals surface area contributed by atoms with E-state index in [1.54, 1.807) is 13.2 Å². The van der Waals surface area contributed by atoms with Gasteiger partial charge in [-0.25, -0.2) is 4.99 Å². The van der Waals surface area contributed by atoms with E-state index >= 15 is 0 Å². The van der Waals surface area contributed by atoms with Gasteiger partial charge in [0.2, 0.25) is 0 Å². The number of nitrogens with one attached hydrogen (secondary N) is 2. The summed E-state index contributed by atoms with van der Waals surface area (Å²) in [4.78, 5) is 15.4. The molecule has 0 atom stereocenters. The fraction of sp³-hybridized carbons (Fsp3) is 0.333. The quantitative estimate of drug-likeness (QED) is 0.242. The lowest BCUT2D eigenvalue weighted by Crippen LogP contribution is -2.38. The van der Waals surface area contributed by atoms with Gasteiger partial charge >= 0.3 is 0 Å². The minimum Gasteiger partial charge on any atom is -0.497 e. The number of rotatable bonds is 10. The molecule has 0 radical (unpaired) electrons. The van der Waals surface area contributed by atoms with Crippen LogP contribution in [0.1, 0.15) is 18.1 Å². The van der Waals surface area contributed by atoms with Gasteiger partial charge in [-0.3, -0.25) is 4.79 Å². The largest absolute Gasteiger partial charge is 0.497 e. The van der Waals surface area contributed by atoms with Gasteiger partial charge in [-0.1, -0.05) is 29.8 Å².